The number of rotatable bonds is 6. The van der Waals surface area contributed by atoms with Gasteiger partial charge in [0.05, 0.1) is 6.10 Å². The van der Waals surface area contributed by atoms with Crippen molar-refractivity contribution in [3.63, 3.8) is 0 Å². The number of aromatic amines is 1. The van der Waals surface area contributed by atoms with Crippen molar-refractivity contribution in [2.45, 2.75) is 26.5 Å². The SMILES string of the molecule is CCOC(C)CNCc1c[nH]c2cc(Cl)ccc12. The number of halogens is 1. The summed E-state index contributed by atoms with van der Waals surface area (Å²) in [5, 5.41) is 5.38. The summed E-state index contributed by atoms with van der Waals surface area (Å²) in [5.41, 5.74) is 2.34. The molecule has 0 radical (unpaired) electrons. The Kier molecular flexibility index (Phi) is 4.64. The highest BCUT2D eigenvalue weighted by Crippen LogP contribution is 2.21. The zero-order valence-corrected chi connectivity index (χ0v) is 11.6. The van der Waals surface area contributed by atoms with E-state index < -0.39 is 0 Å². The molecule has 1 atom stereocenters. The molecule has 0 saturated carbocycles. The fraction of sp³-hybridized carbons (Fsp3) is 0.429. The van der Waals surface area contributed by atoms with E-state index in [1.165, 1.54) is 10.9 Å². The highest BCUT2D eigenvalue weighted by Gasteiger charge is 2.05. The second-order valence-electron chi connectivity index (χ2n) is 4.40. The average Bonchev–Trinajstić information content (AvgIpc) is 2.72. The number of hydrogen-bond acceptors (Lipinski definition) is 2. The molecule has 2 N–H and O–H groups in total. The molecule has 2 aromatic rings. The minimum Gasteiger partial charge on any atom is -0.377 e. The van der Waals surface area contributed by atoms with E-state index in [2.05, 4.69) is 23.3 Å². The molecule has 3 nitrogen and oxygen atoms in total. The van der Waals surface area contributed by atoms with Crippen molar-refractivity contribution < 1.29 is 4.74 Å². The van der Waals surface area contributed by atoms with Gasteiger partial charge >= 0.3 is 0 Å². The van der Waals surface area contributed by atoms with Crippen LogP contribution in [0.4, 0.5) is 0 Å². The topological polar surface area (TPSA) is 37.0 Å². The summed E-state index contributed by atoms with van der Waals surface area (Å²) < 4.78 is 5.48. The minimum atomic E-state index is 0.245. The summed E-state index contributed by atoms with van der Waals surface area (Å²) in [5.74, 6) is 0. The van der Waals surface area contributed by atoms with Crippen molar-refractivity contribution in [3.8, 4) is 0 Å². The molecule has 0 aliphatic heterocycles. The smallest absolute Gasteiger partial charge is 0.0671 e. The van der Waals surface area contributed by atoms with Crippen LogP contribution in [0.2, 0.25) is 5.02 Å². The standard InChI is InChI=1S/C14H19ClN2O/c1-3-18-10(2)7-16-8-11-9-17-14-6-12(15)4-5-13(11)14/h4-6,9-10,16-17H,3,7-8H2,1-2H3. The minimum absolute atomic E-state index is 0.245. The number of H-pyrrole nitrogens is 1. The van der Waals surface area contributed by atoms with E-state index >= 15 is 0 Å². The third kappa shape index (κ3) is 3.25. The maximum Gasteiger partial charge on any atom is 0.0671 e. The van der Waals surface area contributed by atoms with Crippen LogP contribution in [0.25, 0.3) is 10.9 Å². The third-order valence-corrected chi connectivity index (χ3v) is 3.16. The van der Waals surface area contributed by atoms with Crippen LogP contribution >= 0.6 is 11.6 Å². The maximum atomic E-state index is 5.96. The number of aromatic nitrogens is 1. The van der Waals surface area contributed by atoms with Crippen molar-refractivity contribution in [2.24, 2.45) is 0 Å². The third-order valence-electron chi connectivity index (χ3n) is 2.93. The van der Waals surface area contributed by atoms with Gasteiger partial charge in [0, 0.05) is 41.8 Å². The first-order valence-corrected chi connectivity index (χ1v) is 6.66. The van der Waals surface area contributed by atoms with Crippen molar-refractivity contribution in [1.29, 1.82) is 0 Å². The number of fused-ring (bicyclic) bond motifs is 1. The summed E-state index contributed by atoms with van der Waals surface area (Å²) >= 11 is 5.96. The Morgan fingerprint density at radius 1 is 1.44 bits per heavy atom. The van der Waals surface area contributed by atoms with Crippen LogP contribution in [0.5, 0.6) is 0 Å². The van der Waals surface area contributed by atoms with E-state index in [9.17, 15) is 0 Å². The van der Waals surface area contributed by atoms with Gasteiger partial charge < -0.3 is 15.0 Å². The molecule has 1 aromatic heterocycles. The molecule has 0 fully saturated rings. The Labute approximate surface area is 112 Å². The van der Waals surface area contributed by atoms with Crippen LogP contribution in [0.15, 0.2) is 24.4 Å². The fourth-order valence-corrected chi connectivity index (χ4v) is 2.23. The Hall–Kier alpha value is -1.03. The molecule has 1 unspecified atom stereocenters. The van der Waals surface area contributed by atoms with Crippen LogP contribution in [-0.2, 0) is 11.3 Å². The maximum absolute atomic E-state index is 5.96. The summed E-state index contributed by atoms with van der Waals surface area (Å²) in [4.78, 5) is 3.24. The lowest BCUT2D eigenvalue weighted by Crippen LogP contribution is -2.26. The summed E-state index contributed by atoms with van der Waals surface area (Å²) in [6.07, 6.45) is 2.27. The van der Waals surface area contributed by atoms with Crippen LogP contribution < -0.4 is 5.32 Å². The van der Waals surface area contributed by atoms with Gasteiger partial charge in [0.15, 0.2) is 0 Å². The quantitative estimate of drug-likeness (QED) is 0.841. The highest BCUT2D eigenvalue weighted by molar-refractivity contribution is 6.31. The van der Waals surface area contributed by atoms with E-state index in [1.54, 1.807) is 0 Å². The van der Waals surface area contributed by atoms with Crippen LogP contribution in [0.1, 0.15) is 19.4 Å². The van der Waals surface area contributed by atoms with E-state index in [1.807, 2.05) is 25.3 Å². The Balaban J connectivity index is 1.96. The number of ether oxygens (including phenoxy) is 1. The van der Waals surface area contributed by atoms with Gasteiger partial charge in [0.1, 0.15) is 0 Å². The fourth-order valence-electron chi connectivity index (χ4n) is 2.06. The van der Waals surface area contributed by atoms with Crippen molar-refractivity contribution in [1.82, 2.24) is 10.3 Å². The summed E-state index contributed by atoms with van der Waals surface area (Å²) in [6, 6.07) is 5.92. The van der Waals surface area contributed by atoms with E-state index in [0.29, 0.717) is 0 Å². The van der Waals surface area contributed by atoms with Gasteiger partial charge in [-0.15, -0.1) is 0 Å². The molecule has 0 amide bonds. The number of hydrogen-bond donors (Lipinski definition) is 2. The molecule has 98 valence electrons. The van der Waals surface area contributed by atoms with Gasteiger partial charge in [0.25, 0.3) is 0 Å². The molecular weight excluding hydrogens is 248 g/mol. The normalized spacial score (nSPS) is 13.1. The van der Waals surface area contributed by atoms with E-state index in [4.69, 9.17) is 16.3 Å². The van der Waals surface area contributed by atoms with Gasteiger partial charge in [-0.2, -0.15) is 0 Å². The predicted molar refractivity (Wildman–Crippen MR) is 76.1 cm³/mol. The molecule has 1 heterocycles. The predicted octanol–water partition coefficient (Wildman–Crippen LogP) is 3.34. The van der Waals surface area contributed by atoms with E-state index in [-0.39, 0.29) is 6.10 Å². The first kappa shape index (κ1) is 13.4. The highest BCUT2D eigenvalue weighted by atomic mass is 35.5. The summed E-state index contributed by atoms with van der Waals surface area (Å²) in [6.45, 7) is 6.53. The monoisotopic (exact) mass is 266 g/mol. The van der Waals surface area contributed by atoms with Crippen molar-refractivity contribution in [2.75, 3.05) is 13.2 Å². The largest absolute Gasteiger partial charge is 0.377 e. The van der Waals surface area contributed by atoms with Gasteiger partial charge in [-0.1, -0.05) is 17.7 Å². The zero-order valence-electron chi connectivity index (χ0n) is 10.8. The van der Waals surface area contributed by atoms with Crippen molar-refractivity contribution in [3.05, 3.63) is 35.0 Å². The van der Waals surface area contributed by atoms with Crippen LogP contribution in [0, 0.1) is 0 Å². The molecule has 0 bridgehead atoms. The van der Waals surface area contributed by atoms with Gasteiger partial charge in [-0.05, 0) is 31.5 Å². The molecule has 2 rings (SSSR count). The van der Waals surface area contributed by atoms with Gasteiger partial charge in [-0.3, -0.25) is 0 Å². The Morgan fingerprint density at radius 3 is 3.06 bits per heavy atom. The Bertz CT molecular complexity index is 509. The van der Waals surface area contributed by atoms with Crippen molar-refractivity contribution >= 4 is 22.5 Å². The lowest BCUT2D eigenvalue weighted by Gasteiger charge is -2.12. The second-order valence-corrected chi connectivity index (χ2v) is 4.84. The van der Waals surface area contributed by atoms with E-state index in [0.717, 1.165) is 30.2 Å². The van der Waals surface area contributed by atoms with Gasteiger partial charge in [-0.25, -0.2) is 0 Å². The summed E-state index contributed by atoms with van der Waals surface area (Å²) in [7, 11) is 0. The zero-order chi connectivity index (χ0) is 13.0. The molecule has 18 heavy (non-hydrogen) atoms. The lowest BCUT2D eigenvalue weighted by atomic mass is 10.2. The second kappa shape index (κ2) is 6.23. The molecule has 0 aliphatic carbocycles. The molecule has 0 saturated heterocycles. The van der Waals surface area contributed by atoms with Crippen LogP contribution in [-0.4, -0.2) is 24.2 Å². The number of benzene rings is 1. The number of nitrogens with one attached hydrogen (secondary N) is 2. The molecule has 1 aromatic carbocycles. The molecular formula is C14H19ClN2O. The molecule has 0 aliphatic rings. The molecule has 4 heteroatoms. The lowest BCUT2D eigenvalue weighted by molar-refractivity contribution is 0.0759. The van der Waals surface area contributed by atoms with Gasteiger partial charge in [0.2, 0.25) is 0 Å². The molecule has 0 spiro atoms. The average molecular weight is 267 g/mol. The van der Waals surface area contributed by atoms with Crippen LogP contribution in [0.3, 0.4) is 0 Å². The first-order chi connectivity index (χ1) is 8.70. The Morgan fingerprint density at radius 2 is 2.28 bits per heavy atom. The first-order valence-electron chi connectivity index (χ1n) is 6.28.